The summed E-state index contributed by atoms with van der Waals surface area (Å²) in [6.07, 6.45) is 1.86. The Kier molecular flexibility index (Phi) is 7.09. The molecule has 0 fully saturated rings. The van der Waals surface area contributed by atoms with Crippen LogP contribution < -0.4 is 11.1 Å². The van der Waals surface area contributed by atoms with Crippen LogP contribution in [0.2, 0.25) is 5.02 Å². The molecule has 4 rings (SSSR count). The van der Waals surface area contributed by atoms with Gasteiger partial charge < -0.3 is 11.1 Å². The molecule has 4 N–H and O–H groups in total. The Bertz CT molecular complexity index is 1310. The molecule has 0 bridgehead atoms. The Hall–Kier alpha value is -3.90. The minimum atomic E-state index is -0.493. The Balaban J connectivity index is 1.43. The topological polar surface area (TPSA) is 101 Å². The molecule has 0 saturated heterocycles. The first kappa shape index (κ1) is 23.3. The van der Waals surface area contributed by atoms with Crippen LogP contribution in [-0.4, -0.2) is 22.0 Å². The van der Waals surface area contributed by atoms with Crippen LogP contribution in [0.5, 0.6) is 0 Å². The zero-order valence-electron chi connectivity index (χ0n) is 18.8. The van der Waals surface area contributed by atoms with Crippen LogP contribution in [0.3, 0.4) is 0 Å². The largest absolute Gasteiger partial charge is 0.365 e. The van der Waals surface area contributed by atoms with E-state index in [1.807, 2.05) is 24.3 Å². The third-order valence-corrected chi connectivity index (χ3v) is 5.85. The van der Waals surface area contributed by atoms with Crippen molar-refractivity contribution >= 4 is 29.1 Å². The van der Waals surface area contributed by atoms with E-state index in [9.17, 15) is 9.59 Å². The van der Waals surface area contributed by atoms with Gasteiger partial charge in [0.05, 0.1) is 17.0 Å². The molecular weight excluding hydrogens is 448 g/mol. The van der Waals surface area contributed by atoms with Gasteiger partial charge in [0.25, 0.3) is 11.8 Å². The Morgan fingerprint density at radius 2 is 1.68 bits per heavy atom. The smallest absolute Gasteiger partial charge is 0.255 e. The van der Waals surface area contributed by atoms with E-state index < -0.39 is 5.91 Å². The first-order valence-electron chi connectivity index (χ1n) is 11.0. The number of nitrogens with one attached hydrogen (secondary N) is 2. The predicted octanol–water partition coefficient (Wildman–Crippen LogP) is 5.10. The molecule has 0 aliphatic heterocycles. The molecule has 4 aromatic rings. The fourth-order valence-electron chi connectivity index (χ4n) is 3.78. The molecule has 6 nitrogen and oxygen atoms in total. The fraction of sp³-hybridized carbons (Fsp3) is 0.148. The van der Waals surface area contributed by atoms with Gasteiger partial charge in [0.15, 0.2) is 0 Å². The third kappa shape index (κ3) is 5.71. The lowest BCUT2D eigenvalue weighted by Gasteiger charge is -2.07. The lowest BCUT2D eigenvalue weighted by Crippen LogP contribution is -2.15. The van der Waals surface area contributed by atoms with Crippen LogP contribution in [0, 0.1) is 6.92 Å². The van der Waals surface area contributed by atoms with Crippen molar-refractivity contribution < 1.29 is 9.59 Å². The second-order valence-electron chi connectivity index (χ2n) is 8.21. The Morgan fingerprint density at radius 3 is 2.35 bits per heavy atom. The number of primary amides is 1. The van der Waals surface area contributed by atoms with Crippen LogP contribution >= 0.6 is 11.6 Å². The number of aromatic amines is 1. The molecule has 172 valence electrons. The van der Waals surface area contributed by atoms with E-state index in [1.54, 1.807) is 24.3 Å². The van der Waals surface area contributed by atoms with E-state index in [2.05, 4.69) is 46.7 Å². The maximum atomic E-state index is 12.4. The molecule has 34 heavy (non-hydrogen) atoms. The molecule has 0 saturated carbocycles. The maximum Gasteiger partial charge on any atom is 0.255 e. The van der Waals surface area contributed by atoms with E-state index >= 15 is 0 Å². The molecule has 0 aliphatic rings. The lowest BCUT2D eigenvalue weighted by molar-refractivity contribution is 0.0996. The lowest BCUT2D eigenvalue weighted by atomic mass is 10.0. The van der Waals surface area contributed by atoms with Gasteiger partial charge in [-0.1, -0.05) is 59.6 Å². The summed E-state index contributed by atoms with van der Waals surface area (Å²) in [7, 11) is 0. The first-order valence-corrected chi connectivity index (χ1v) is 11.3. The van der Waals surface area contributed by atoms with Gasteiger partial charge in [0.2, 0.25) is 0 Å². The molecule has 0 atom stereocenters. The van der Waals surface area contributed by atoms with Gasteiger partial charge in [-0.15, -0.1) is 0 Å². The van der Waals surface area contributed by atoms with Gasteiger partial charge in [-0.25, -0.2) is 0 Å². The van der Waals surface area contributed by atoms with E-state index in [0.29, 0.717) is 46.1 Å². The SMILES string of the molecule is Cc1ccc(CCc2n[nH]c(Cc3ccc(NC(=O)c4cccc(Cl)c4)cc3)c2C(N)=O)cc1. The number of nitrogens with zero attached hydrogens (tertiary/aromatic N) is 1. The summed E-state index contributed by atoms with van der Waals surface area (Å²) in [5, 5.41) is 10.7. The molecule has 0 aliphatic carbocycles. The molecule has 0 radical (unpaired) electrons. The molecule has 1 aromatic heterocycles. The average Bonchev–Trinajstić information content (AvgIpc) is 3.22. The fourth-order valence-corrected chi connectivity index (χ4v) is 3.97. The standard InChI is InChI=1S/C27H25ClN4O2/c1-17-5-7-18(8-6-17)11-14-23-25(26(29)33)24(32-31-23)15-19-9-12-22(13-10-19)30-27(34)20-3-2-4-21(28)16-20/h2-10,12-13,16H,11,14-15H2,1H3,(H2,29,33)(H,30,34)(H,31,32). The number of nitrogens with two attached hydrogens (primary N) is 1. The zero-order chi connectivity index (χ0) is 24.1. The van der Waals surface area contributed by atoms with E-state index in [0.717, 1.165) is 12.0 Å². The van der Waals surface area contributed by atoms with Gasteiger partial charge >= 0.3 is 0 Å². The highest BCUT2D eigenvalue weighted by Crippen LogP contribution is 2.20. The van der Waals surface area contributed by atoms with Gasteiger partial charge in [-0.2, -0.15) is 5.10 Å². The van der Waals surface area contributed by atoms with Gasteiger partial charge in [-0.3, -0.25) is 14.7 Å². The number of anilines is 1. The van der Waals surface area contributed by atoms with Crippen LogP contribution in [-0.2, 0) is 19.3 Å². The third-order valence-electron chi connectivity index (χ3n) is 5.61. The van der Waals surface area contributed by atoms with Crippen LogP contribution in [0.1, 0.15) is 48.8 Å². The normalized spacial score (nSPS) is 10.8. The summed E-state index contributed by atoms with van der Waals surface area (Å²) in [6, 6.07) is 22.5. The number of aryl methyl sites for hydroxylation is 3. The average molecular weight is 473 g/mol. The summed E-state index contributed by atoms with van der Waals surface area (Å²) in [4.78, 5) is 24.6. The Morgan fingerprint density at radius 1 is 0.971 bits per heavy atom. The number of aromatic nitrogens is 2. The van der Waals surface area contributed by atoms with Gasteiger partial charge in [0, 0.05) is 22.7 Å². The van der Waals surface area contributed by atoms with Crippen molar-refractivity contribution in [2.24, 2.45) is 5.73 Å². The van der Waals surface area contributed by atoms with Gasteiger partial charge in [-0.05, 0) is 61.2 Å². The summed E-state index contributed by atoms with van der Waals surface area (Å²) in [6.45, 7) is 2.05. The number of hydrogen-bond acceptors (Lipinski definition) is 3. The summed E-state index contributed by atoms with van der Waals surface area (Å²) >= 11 is 5.96. The van der Waals surface area contributed by atoms with Crippen molar-refractivity contribution in [3.63, 3.8) is 0 Å². The van der Waals surface area contributed by atoms with Crippen molar-refractivity contribution in [3.8, 4) is 0 Å². The van der Waals surface area contributed by atoms with E-state index in [4.69, 9.17) is 17.3 Å². The van der Waals surface area contributed by atoms with Crippen molar-refractivity contribution in [2.75, 3.05) is 5.32 Å². The van der Waals surface area contributed by atoms with Crippen molar-refractivity contribution in [1.29, 1.82) is 0 Å². The second-order valence-corrected chi connectivity index (χ2v) is 8.65. The highest BCUT2D eigenvalue weighted by Gasteiger charge is 2.18. The molecule has 0 unspecified atom stereocenters. The number of carbonyl (C=O) groups excluding carboxylic acids is 2. The monoisotopic (exact) mass is 472 g/mol. The number of benzene rings is 3. The highest BCUT2D eigenvalue weighted by molar-refractivity contribution is 6.31. The van der Waals surface area contributed by atoms with Crippen molar-refractivity contribution in [2.45, 2.75) is 26.2 Å². The number of amides is 2. The maximum absolute atomic E-state index is 12.4. The van der Waals surface area contributed by atoms with Crippen LogP contribution in [0.15, 0.2) is 72.8 Å². The number of hydrogen-bond donors (Lipinski definition) is 3. The van der Waals surface area contributed by atoms with Crippen molar-refractivity contribution in [1.82, 2.24) is 10.2 Å². The van der Waals surface area contributed by atoms with E-state index in [1.165, 1.54) is 11.1 Å². The number of H-pyrrole nitrogens is 1. The minimum absolute atomic E-state index is 0.238. The zero-order valence-corrected chi connectivity index (χ0v) is 19.5. The number of halogens is 1. The van der Waals surface area contributed by atoms with Crippen LogP contribution in [0.25, 0.3) is 0 Å². The summed E-state index contributed by atoms with van der Waals surface area (Å²) in [5.41, 5.74) is 12.0. The quantitative estimate of drug-likeness (QED) is 0.332. The first-order chi connectivity index (χ1) is 16.4. The van der Waals surface area contributed by atoms with Crippen molar-refractivity contribution in [3.05, 3.63) is 117 Å². The molecule has 2 amide bonds. The van der Waals surface area contributed by atoms with Gasteiger partial charge in [0.1, 0.15) is 0 Å². The minimum Gasteiger partial charge on any atom is -0.365 e. The molecule has 3 aromatic carbocycles. The number of rotatable bonds is 8. The molecule has 0 spiro atoms. The van der Waals surface area contributed by atoms with Crippen LogP contribution in [0.4, 0.5) is 5.69 Å². The molecular formula is C27H25ClN4O2. The summed E-state index contributed by atoms with van der Waals surface area (Å²) in [5.74, 6) is -0.730. The highest BCUT2D eigenvalue weighted by atomic mass is 35.5. The number of carbonyl (C=O) groups is 2. The second kappa shape index (κ2) is 10.4. The van der Waals surface area contributed by atoms with E-state index in [-0.39, 0.29) is 5.91 Å². The predicted molar refractivity (Wildman–Crippen MR) is 134 cm³/mol. The Labute approximate surface area is 203 Å². The summed E-state index contributed by atoms with van der Waals surface area (Å²) < 4.78 is 0. The molecule has 1 heterocycles. The molecule has 7 heteroatoms.